The number of carbonyl (C=O) groups is 2. The van der Waals surface area contributed by atoms with Crippen molar-refractivity contribution >= 4 is 19.7 Å². The highest BCUT2D eigenvalue weighted by Crippen LogP contribution is 2.42. The van der Waals surface area contributed by atoms with Gasteiger partial charge in [-0.1, -0.05) is 155 Å². The summed E-state index contributed by atoms with van der Waals surface area (Å²) in [6.07, 6.45) is 56.0. The van der Waals surface area contributed by atoms with Gasteiger partial charge in [-0.15, -0.1) is 0 Å². The smallest absolute Gasteiger partial charge is 0.463 e. The second kappa shape index (κ2) is 42.3. The molecule has 1 amide bonds. The molecule has 0 spiro atoms. The van der Waals surface area contributed by atoms with Crippen LogP contribution in [0.1, 0.15) is 142 Å². The number of hydrogen-bond donors (Lipinski definition) is 3. The standard InChI is InChI=1S/C47H76NO8P/c1-3-5-7-9-11-13-15-17-19-21-22-24-26-28-30-32-34-36-38-40-47(51)54-43-45(49)44-56-57(52,53)55-42-41-48-46(50)39-37-35-33-31-29-27-25-23-20-18-16-14-12-10-8-6-4-2/h5-8,11-14,17-20,22,24,28,30,34,36,45,49H,3-4,9-10,15-16,21,23,25-27,29,31-33,35,37-44H2,1-2H3,(H,48,50)(H,52,53)/b7-5-,8-6-,13-11-,14-12-,19-17-,20-18-,24-22-,30-28-,36-34-. The first-order valence-electron chi connectivity index (χ1n) is 21.4. The maximum Gasteiger partial charge on any atom is 0.472 e. The van der Waals surface area contributed by atoms with E-state index in [-0.39, 0.29) is 32.1 Å². The predicted molar refractivity (Wildman–Crippen MR) is 238 cm³/mol. The normalized spacial score (nSPS) is 14.4. The number of phosphoric ester groups is 1. The Morgan fingerprint density at radius 3 is 1.46 bits per heavy atom. The lowest BCUT2D eigenvalue weighted by atomic mass is 10.1. The number of hydrogen-bond acceptors (Lipinski definition) is 7. The van der Waals surface area contributed by atoms with Gasteiger partial charge in [0.25, 0.3) is 0 Å². The number of phosphoric acid groups is 1. The van der Waals surface area contributed by atoms with Crippen molar-refractivity contribution < 1.29 is 37.9 Å². The summed E-state index contributed by atoms with van der Waals surface area (Å²) in [6.45, 7) is 3.20. The second-order valence-corrected chi connectivity index (χ2v) is 15.0. The molecule has 0 saturated carbocycles. The minimum Gasteiger partial charge on any atom is -0.463 e. The zero-order chi connectivity index (χ0) is 41.8. The Kier molecular flexibility index (Phi) is 39.8. The first kappa shape index (κ1) is 53.7. The Morgan fingerprint density at radius 2 is 0.965 bits per heavy atom. The molecule has 0 fully saturated rings. The number of ether oxygens (including phenoxy) is 1. The van der Waals surface area contributed by atoms with Crippen molar-refractivity contribution in [2.75, 3.05) is 26.4 Å². The Balaban J connectivity index is 3.75. The Bertz CT molecular complexity index is 1290. The zero-order valence-corrected chi connectivity index (χ0v) is 36.1. The van der Waals surface area contributed by atoms with E-state index in [1.165, 1.54) is 25.7 Å². The van der Waals surface area contributed by atoms with E-state index in [9.17, 15) is 24.2 Å². The number of aliphatic hydroxyl groups excluding tert-OH is 1. The molecule has 57 heavy (non-hydrogen) atoms. The molecular weight excluding hydrogens is 737 g/mol. The fourth-order valence-electron chi connectivity index (χ4n) is 5.07. The number of nitrogens with one attached hydrogen (secondary N) is 1. The van der Waals surface area contributed by atoms with Crippen LogP contribution in [0.5, 0.6) is 0 Å². The van der Waals surface area contributed by atoms with Crippen molar-refractivity contribution in [1.82, 2.24) is 5.32 Å². The van der Waals surface area contributed by atoms with E-state index in [4.69, 9.17) is 13.8 Å². The van der Waals surface area contributed by atoms with Gasteiger partial charge in [0.05, 0.1) is 13.2 Å². The van der Waals surface area contributed by atoms with E-state index in [0.29, 0.717) is 12.8 Å². The van der Waals surface area contributed by atoms with E-state index in [1.807, 2.05) is 12.2 Å². The quantitative estimate of drug-likeness (QED) is 0.0243. The molecule has 2 atom stereocenters. The van der Waals surface area contributed by atoms with Crippen molar-refractivity contribution in [2.24, 2.45) is 0 Å². The Labute approximate surface area is 346 Å². The highest BCUT2D eigenvalue weighted by Gasteiger charge is 2.23. The average Bonchev–Trinajstić information content (AvgIpc) is 3.20. The molecule has 0 aliphatic heterocycles. The summed E-state index contributed by atoms with van der Waals surface area (Å²) in [4.78, 5) is 33.9. The molecule has 0 aromatic heterocycles. The van der Waals surface area contributed by atoms with E-state index < -0.39 is 26.5 Å². The fourth-order valence-corrected chi connectivity index (χ4v) is 5.82. The minimum absolute atomic E-state index is 0.0602. The van der Waals surface area contributed by atoms with Gasteiger partial charge in [0.2, 0.25) is 5.91 Å². The number of carbonyl (C=O) groups excluding carboxylic acids is 2. The van der Waals surface area contributed by atoms with Crippen LogP contribution in [0.3, 0.4) is 0 Å². The van der Waals surface area contributed by atoms with Crippen molar-refractivity contribution in [3.63, 3.8) is 0 Å². The summed E-state index contributed by atoms with van der Waals surface area (Å²) in [6, 6.07) is 0. The molecule has 10 heteroatoms. The van der Waals surface area contributed by atoms with Crippen LogP contribution in [0.25, 0.3) is 0 Å². The van der Waals surface area contributed by atoms with Crippen LogP contribution in [-0.2, 0) is 27.9 Å². The maximum atomic E-state index is 12.1. The molecule has 9 nitrogen and oxygen atoms in total. The molecule has 0 aromatic carbocycles. The highest BCUT2D eigenvalue weighted by atomic mass is 31.2. The third-order valence-electron chi connectivity index (χ3n) is 8.21. The molecule has 0 aliphatic rings. The molecule has 0 aromatic rings. The van der Waals surface area contributed by atoms with Gasteiger partial charge in [-0.05, 0) is 83.5 Å². The summed E-state index contributed by atoms with van der Waals surface area (Å²) in [7, 11) is -4.44. The molecule has 0 rings (SSSR count). The summed E-state index contributed by atoms with van der Waals surface area (Å²) < 4.78 is 26.8. The number of rotatable bonds is 38. The van der Waals surface area contributed by atoms with Gasteiger partial charge in [-0.25, -0.2) is 4.57 Å². The number of aliphatic hydroxyl groups is 1. The van der Waals surface area contributed by atoms with Gasteiger partial charge < -0.3 is 20.1 Å². The molecule has 0 radical (unpaired) electrons. The number of unbranched alkanes of at least 4 members (excludes halogenated alkanes) is 7. The summed E-state index contributed by atoms with van der Waals surface area (Å²) in [5, 5.41) is 12.7. The molecule has 0 saturated heterocycles. The maximum absolute atomic E-state index is 12.1. The largest absolute Gasteiger partial charge is 0.472 e. The predicted octanol–water partition coefficient (Wildman–Crippen LogP) is 12.0. The third-order valence-corrected chi connectivity index (χ3v) is 9.20. The SMILES string of the molecule is CC/C=C\C/C=C\C/C=C\C/C=C\C/C=C\C/C=C\CCC(=O)OCC(O)COP(=O)(O)OCCNC(=O)CCCCCCCCC/C=C\C/C=C\C/C=C\CC. The molecule has 0 bridgehead atoms. The van der Waals surface area contributed by atoms with Crippen LogP contribution in [0, 0.1) is 0 Å². The van der Waals surface area contributed by atoms with Crippen LogP contribution in [-0.4, -0.2) is 54.3 Å². The molecular formula is C47H76NO8P. The van der Waals surface area contributed by atoms with Crippen LogP contribution in [0.4, 0.5) is 0 Å². The van der Waals surface area contributed by atoms with E-state index in [1.54, 1.807) is 0 Å². The second-order valence-electron chi connectivity index (χ2n) is 13.5. The first-order valence-corrected chi connectivity index (χ1v) is 22.9. The van der Waals surface area contributed by atoms with Crippen LogP contribution in [0.15, 0.2) is 109 Å². The first-order chi connectivity index (χ1) is 27.8. The van der Waals surface area contributed by atoms with Gasteiger partial charge in [0, 0.05) is 19.4 Å². The monoisotopic (exact) mass is 814 g/mol. The third kappa shape index (κ3) is 43.6. The van der Waals surface area contributed by atoms with Gasteiger partial charge in [-0.3, -0.25) is 18.6 Å². The Morgan fingerprint density at radius 1 is 0.544 bits per heavy atom. The Hall–Kier alpha value is -3.33. The van der Waals surface area contributed by atoms with Crippen molar-refractivity contribution in [2.45, 2.75) is 148 Å². The summed E-state index contributed by atoms with van der Waals surface area (Å²) >= 11 is 0. The average molecular weight is 814 g/mol. The number of amides is 1. The molecule has 0 aliphatic carbocycles. The van der Waals surface area contributed by atoms with Crippen molar-refractivity contribution in [3.8, 4) is 0 Å². The highest BCUT2D eigenvalue weighted by molar-refractivity contribution is 7.47. The number of allylic oxidation sites excluding steroid dienone is 18. The van der Waals surface area contributed by atoms with Crippen molar-refractivity contribution in [1.29, 1.82) is 0 Å². The number of esters is 1. The van der Waals surface area contributed by atoms with Gasteiger partial charge >= 0.3 is 13.8 Å². The molecule has 0 heterocycles. The van der Waals surface area contributed by atoms with Gasteiger partial charge in [0.1, 0.15) is 12.7 Å². The van der Waals surface area contributed by atoms with E-state index in [0.717, 1.165) is 83.5 Å². The van der Waals surface area contributed by atoms with E-state index >= 15 is 0 Å². The molecule has 322 valence electrons. The van der Waals surface area contributed by atoms with Crippen LogP contribution in [0.2, 0.25) is 0 Å². The fraction of sp³-hybridized carbons (Fsp3) is 0.574. The minimum atomic E-state index is -4.44. The van der Waals surface area contributed by atoms with Gasteiger partial charge in [0.15, 0.2) is 0 Å². The molecule has 2 unspecified atom stereocenters. The topological polar surface area (TPSA) is 131 Å². The lowest BCUT2D eigenvalue weighted by Crippen LogP contribution is -2.27. The molecule has 3 N–H and O–H groups in total. The zero-order valence-electron chi connectivity index (χ0n) is 35.2. The lowest BCUT2D eigenvalue weighted by Gasteiger charge is -2.15. The lowest BCUT2D eigenvalue weighted by molar-refractivity contribution is -0.147. The van der Waals surface area contributed by atoms with Crippen molar-refractivity contribution in [3.05, 3.63) is 109 Å². The van der Waals surface area contributed by atoms with E-state index in [2.05, 4.69) is 116 Å². The summed E-state index contributed by atoms with van der Waals surface area (Å²) in [5.41, 5.74) is 0. The van der Waals surface area contributed by atoms with Gasteiger partial charge in [-0.2, -0.15) is 0 Å². The van der Waals surface area contributed by atoms with Crippen LogP contribution >= 0.6 is 7.82 Å². The summed E-state index contributed by atoms with van der Waals surface area (Å²) in [5.74, 6) is -0.623. The van der Waals surface area contributed by atoms with Crippen LogP contribution < -0.4 is 5.32 Å².